The van der Waals surface area contributed by atoms with Crippen molar-refractivity contribution < 1.29 is 4.79 Å². The Bertz CT molecular complexity index is 310. The van der Waals surface area contributed by atoms with Gasteiger partial charge in [0.2, 0.25) is 0 Å². The van der Waals surface area contributed by atoms with Gasteiger partial charge in [0.15, 0.2) is 0 Å². The van der Waals surface area contributed by atoms with Crippen molar-refractivity contribution in [2.45, 2.75) is 24.8 Å². The van der Waals surface area contributed by atoms with E-state index in [4.69, 9.17) is 5.73 Å². The molecular weight excluding hydrogens is 162 g/mol. The molecule has 2 nitrogen and oxygen atoms in total. The lowest BCUT2D eigenvalue weighted by Crippen LogP contribution is -2.53. The van der Waals surface area contributed by atoms with Crippen LogP contribution in [0.2, 0.25) is 0 Å². The summed E-state index contributed by atoms with van der Waals surface area (Å²) < 4.78 is 0. The summed E-state index contributed by atoms with van der Waals surface area (Å²) in [5.74, 6) is 0.290. The summed E-state index contributed by atoms with van der Waals surface area (Å²) >= 11 is 0. The molecule has 0 aromatic heterocycles. The quantitative estimate of drug-likeness (QED) is 0.736. The van der Waals surface area contributed by atoms with Gasteiger partial charge in [-0.2, -0.15) is 0 Å². The van der Waals surface area contributed by atoms with E-state index in [9.17, 15) is 4.79 Å². The van der Waals surface area contributed by atoms with Crippen LogP contribution in [0.4, 0.5) is 0 Å². The molecule has 0 spiro atoms. The van der Waals surface area contributed by atoms with Gasteiger partial charge in [-0.1, -0.05) is 30.3 Å². The number of ketones is 1. The summed E-state index contributed by atoms with van der Waals surface area (Å²) in [6, 6.07) is 10.1. The maximum absolute atomic E-state index is 10.8. The molecule has 1 saturated carbocycles. The summed E-state index contributed by atoms with van der Waals surface area (Å²) in [7, 11) is 0. The predicted molar refractivity (Wildman–Crippen MR) is 51.3 cm³/mol. The van der Waals surface area contributed by atoms with E-state index in [1.807, 2.05) is 18.2 Å². The number of nitrogens with two attached hydrogens (primary N) is 1. The van der Waals surface area contributed by atoms with Crippen molar-refractivity contribution >= 4 is 5.78 Å². The van der Waals surface area contributed by atoms with Crippen LogP contribution < -0.4 is 5.73 Å². The summed E-state index contributed by atoms with van der Waals surface area (Å²) in [5, 5.41) is 0. The Hall–Kier alpha value is -1.15. The second kappa shape index (κ2) is 2.96. The highest BCUT2D eigenvalue weighted by molar-refractivity contribution is 5.87. The zero-order valence-corrected chi connectivity index (χ0v) is 7.49. The zero-order chi connectivity index (χ0) is 9.31. The summed E-state index contributed by atoms with van der Waals surface area (Å²) in [6.45, 7) is 0. The molecule has 1 aliphatic carbocycles. The van der Waals surface area contributed by atoms with Crippen LogP contribution in [0.25, 0.3) is 0 Å². The van der Waals surface area contributed by atoms with E-state index in [2.05, 4.69) is 12.1 Å². The number of Topliss-reactive ketones (excluding diaryl/α,β-unsaturated/α-hetero) is 1. The van der Waals surface area contributed by atoms with Gasteiger partial charge >= 0.3 is 0 Å². The van der Waals surface area contributed by atoms with Gasteiger partial charge in [0.25, 0.3) is 0 Å². The Morgan fingerprint density at radius 3 is 2.38 bits per heavy atom. The molecule has 1 aliphatic rings. The van der Waals surface area contributed by atoms with Crippen LogP contribution in [0.5, 0.6) is 0 Å². The van der Waals surface area contributed by atoms with Crippen LogP contribution in [0.3, 0.4) is 0 Å². The van der Waals surface area contributed by atoms with Crippen molar-refractivity contribution in [1.29, 1.82) is 0 Å². The molecule has 0 aliphatic heterocycles. The van der Waals surface area contributed by atoms with E-state index in [-0.39, 0.29) is 5.54 Å². The van der Waals surface area contributed by atoms with Gasteiger partial charge in [-0.15, -0.1) is 0 Å². The van der Waals surface area contributed by atoms with E-state index in [1.54, 1.807) is 0 Å². The summed E-state index contributed by atoms with van der Waals surface area (Å²) in [6.07, 6.45) is 1.91. The van der Waals surface area contributed by atoms with Crippen LogP contribution in [-0.2, 0) is 11.2 Å². The molecule has 2 rings (SSSR count). The van der Waals surface area contributed by atoms with Gasteiger partial charge < -0.3 is 5.73 Å². The first-order chi connectivity index (χ1) is 6.18. The van der Waals surface area contributed by atoms with Crippen molar-refractivity contribution in [3.05, 3.63) is 35.9 Å². The zero-order valence-electron chi connectivity index (χ0n) is 7.49. The Morgan fingerprint density at radius 2 is 1.85 bits per heavy atom. The first-order valence-electron chi connectivity index (χ1n) is 4.52. The van der Waals surface area contributed by atoms with Crippen LogP contribution in [0.1, 0.15) is 18.4 Å². The van der Waals surface area contributed by atoms with Crippen LogP contribution in [-0.4, -0.2) is 11.3 Å². The highest BCUT2D eigenvalue weighted by Crippen LogP contribution is 2.29. The van der Waals surface area contributed by atoms with E-state index in [0.717, 1.165) is 6.42 Å². The minimum absolute atomic E-state index is 0.252. The first-order valence-corrected chi connectivity index (χ1v) is 4.52. The molecule has 68 valence electrons. The van der Waals surface area contributed by atoms with Crippen molar-refractivity contribution in [2.75, 3.05) is 0 Å². The molecule has 0 amide bonds. The Morgan fingerprint density at radius 1 is 1.23 bits per heavy atom. The highest BCUT2D eigenvalue weighted by atomic mass is 16.1. The van der Waals surface area contributed by atoms with Gasteiger partial charge in [0.05, 0.1) is 0 Å². The third-order valence-electron chi connectivity index (χ3n) is 2.50. The maximum atomic E-state index is 10.8. The fourth-order valence-electron chi connectivity index (χ4n) is 1.86. The van der Waals surface area contributed by atoms with Gasteiger partial charge in [-0.25, -0.2) is 0 Å². The molecule has 0 bridgehead atoms. The van der Waals surface area contributed by atoms with Gasteiger partial charge in [0.1, 0.15) is 5.78 Å². The van der Waals surface area contributed by atoms with E-state index >= 15 is 0 Å². The monoisotopic (exact) mass is 175 g/mol. The number of rotatable bonds is 2. The topological polar surface area (TPSA) is 43.1 Å². The summed E-state index contributed by atoms with van der Waals surface area (Å²) in [5.41, 5.74) is 6.97. The number of benzene rings is 1. The molecule has 13 heavy (non-hydrogen) atoms. The normalized spacial score (nSPS) is 19.6. The van der Waals surface area contributed by atoms with Gasteiger partial charge in [0, 0.05) is 18.4 Å². The molecule has 0 heterocycles. The SMILES string of the molecule is NC1(Cc2ccccc2)CC(=O)C1. The van der Waals surface area contributed by atoms with Crippen molar-refractivity contribution in [3.8, 4) is 0 Å². The summed E-state index contributed by atoms with van der Waals surface area (Å²) in [4.78, 5) is 10.8. The molecule has 0 saturated heterocycles. The Kier molecular flexibility index (Phi) is 1.93. The highest BCUT2D eigenvalue weighted by Gasteiger charge is 2.39. The second-order valence-corrected chi connectivity index (χ2v) is 3.92. The predicted octanol–water partition coefficient (Wildman–Crippen LogP) is 1.29. The smallest absolute Gasteiger partial charge is 0.136 e. The number of carbonyl (C=O) groups is 1. The van der Waals surface area contributed by atoms with Crippen molar-refractivity contribution in [3.63, 3.8) is 0 Å². The average Bonchev–Trinajstić information content (AvgIpc) is 2.03. The lowest BCUT2D eigenvalue weighted by molar-refractivity contribution is -0.127. The van der Waals surface area contributed by atoms with Gasteiger partial charge in [-0.3, -0.25) is 4.79 Å². The molecule has 0 radical (unpaired) electrons. The second-order valence-electron chi connectivity index (χ2n) is 3.92. The standard InChI is InChI=1S/C11H13NO/c12-11(7-10(13)8-11)6-9-4-2-1-3-5-9/h1-5H,6-8,12H2. The molecule has 1 fully saturated rings. The molecule has 0 atom stereocenters. The Balaban J connectivity index is 2.03. The van der Waals surface area contributed by atoms with Crippen molar-refractivity contribution in [1.82, 2.24) is 0 Å². The molecule has 1 aromatic rings. The molecule has 0 unspecified atom stereocenters. The van der Waals surface area contributed by atoms with E-state index in [1.165, 1.54) is 5.56 Å². The third kappa shape index (κ3) is 1.78. The van der Waals surface area contributed by atoms with Crippen LogP contribution >= 0.6 is 0 Å². The maximum Gasteiger partial charge on any atom is 0.136 e. The number of hydrogen-bond acceptors (Lipinski definition) is 2. The Labute approximate surface area is 77.8 Å². The molecule has 1 aromatic carbocycles. The lowest BCUT2D eigenvalue weighted by Gasteiger charge is -2.36. The fourth-order valence-corrected chi connectivity index (χ4v) is 1.86. The minimum atomic E-state index is -0.252. The molecule has 2 heteroatoms. The average molecular weight is 175 g/mol. The minimum Gasteiger partial charge on any atom is -0.324 e. The first kappa shape index (κ1) is 8.45. The molecular formula is C11H13NO. The van der Waals surface area contributed by atoms with E-state index < -0.39 is 0 Å². The van der Waals surface area contributed by atoms with Crippen LogP contribution in [0, 0.1) is 0 Å². The van der Waals surface area contributed by atoms with Gasteiger partial charge in [-0.05, 0) is 12.0 Å². The number of hydrogen-bond donors (Lipinski definition) is 1. The third-order valence-corrected chi connectivity index (χ3v) is 2.50. The lowest BCUT2D eigenvalue weighted by atomic mass is 9.73. The van der Waals surface area contributed by atoms with E-state index in [0.29, 0.717) is 18.6 Å². The number of carbonyl (C=O) groups excluding carboxylic acids is 1. The van der Waals surface area contributed by atoms with Crippen molar-refractivity contribution in [2.24, 2.45) is 5.73 Å². The molecule has 2 N–H and O–H groups in total. The fraction of sp³-hybridized carbons (Fsp3) is 0.364. The largest absolute Gasteiger partial charge is 0.324 e. The van der Waals surface area contributed by atoms with Crippen LogP contribution in [0.15, 0.2) is 30.3 Å².